The van der Waals surface area contributed by atoms with Crippen LogP contribution in [-0.4, -0.2) is 19.5 Å². The monoisotopic (exact) mass is 258 g/mol. The standard InChI is InChI=1S/C12H10N4OS/c1-16-10-8(11(18)15-12(16)17)13-9(14-10)7-5-3-2-4-6-7/h2-6H,1H3,(H,13,14)(H,15,17,18). The zero-order chi connectivity index (χ0) is 12.7. The van der Waals surface area contributed by atoms with Gasteiger partial charge < -0.3 is 4.98 Å². The van der Waals surface area contributed by atoms with Crippen molar-refractivity contribution in [3.63, 3.8) is 0 Å². The quantitative estimate of drug-likeness (QED) is 0.656. The van der Waals surface area contributed by atoms with Crippen LogP contribution in [0.15, 0.2) is 35.1 Å². The molecule has 0 saturated carbocycles. The van der Waals surface area contributed by atoms with Gasteiger partial charge in [0.1, 0.15) is 16.0 Å². The van der Waals surface area contributed by atoms with E-state index in [9.17, 15) is 4.79 Å². The summed E-state index contributed by atoms with van der Waals surface area (Å²) in [6.07, 6.45) is 0. The van der Waals surface area contributed by atoms with Gasteiger partial charge in [0, 0.05) is 12.6 Å². The molecule has 6 heteroatoms. The normalized spacial score (nSPS) is 10.9. The fourth-order valence-corrected chi connectivity index (χ4v) is 2.07. The number of imidazole rings is 1. The number of hydrogen-bond donors (Lipinski definition) is 2. The van der Waals surface area contributed by atoms with E-state index in [4.69, 9.17) is 12.2 Å². The molecule has 90 valence electrons. The van der Waals surface area contributed by atoms with Crippen LogP contribution >= 0.6 is 12.2 Å². The van der Waals surface area contributed by atoms with Gasteiger partial charge in [-0.05, 0) is 0 Å². The van der Waals surface area contributed by atoms with Gasteiger partial charge in [-0.25, -0.2) is 9.78 Å². The van der Waals surface area contributed by atoms with E-state index in [1.807, 2.05) is 30.3 Å². The lowest BCUT2D eigenvalue weighted by Crippen LogP contribution is -2.20. The summed E-state index contributed by atoms with van der Waals surface area (Å²) in [6.45, 7) is 0. The van der Waals surface area contributed by atoms with E-state index < -0.39 is 0 Å². The number of fused-ring (bicyclic) bond motifs is 1. The third kappa shape index (κ3) is 1.58. The van der Waals surface area contributed by atoms with Gasteiger partial charge >= 0.3 is 5.69 Å². The van der Waals surface area contributed by atoms with Crippen LogP contribution in [-0.2, 0) is 7.05 Å². The van der Waals surface area contributed by atoms with Gasteiger partial charge in [0.15, 0.2) is 5.65 Å². The predicted molar refractivity (Wildman–Crippen MR) is 72.0 cm³/mol. The molecule has 0 spiro atoms. The number of nitrogens with one attached hydrogen (secondary N) is 2. The highest BCUT2D eigenvalue weighted by Gasteiger charge is 2.09. The Bertz CT molecular complexity index is 829. The van der Waals surface area contributed by atoms with Gasteiger partial charge in [-0.1, -0.05) is 42.5 Å². The summed E-state index contributed by atoms with van der Waals surface area (Å²) < 4.78 is 1.82. The zero-order valence-electron chi connectivity index (χ0n) is 9.60. The number of nitrogens with zero attached hydrogens (tertiary/aromatic N) is 2. The van der Waals surface area contributed by atoms with Crippen LogP contribution in [0.4, 0.5) is 0 Å². The van der Waals surface area contributed by atoms with E-state index >= 15 is 0 Å². The van der Waals surface area contributed by atoms with Crippen molar-refractivity contribution >= 4 is 23.4 Å². The number of H-pyrrole nitrogens is 2. The molecule has 2 N–H and O–H groups in total. The van der Waals surface area contributed by atoms with Crippen molar-refractivity contribution < 1.29 is 0 Å². The Morgan fingerprint density at radius 1 is 1.22 bits per heavy atom. The number of aromatic amines is 2. The lowest BCUT2D eigenvalue weighted by atomic mass is 10.2. The van der Waals surface area contributed by atoms with Crippen LogP contribution in [0, 0.1) is 4.64 Å². The second-order valence-corrected chi connectivity index (χ2v) is 4.38. The molecule has 0 radical (unpaired) electrons. The minimum Gasteiger partial charge on any atom is -0.334 e. The molecule has 0 aliphatic heterocycles. The molecule has 0 atom stereocenters. The van der Waals surface area contributed by atoms with Gasteiger partial charge in [0.05, 0.1) is 0 Å². The third-order valence-corrected chi connectivity index (χ3v) is 3.11. The first-order valence-corrected chi connectivity index (χ1v) is 5.82. The SMILES string of the molecule is Cn1c(=O)[nH]c(=S)c2[nH]c(-c3ccccc3)nc21. The maximum atomic E-state index is 11.6. The molecule has 0 aliphatic carbocycles. The molecule has 0 bridgehead atoms. The molecule has 3 rings (SSSR count). The fraction of sp³-hybridized carbons (Fsp3) is 0.0833. The topological polar surface area (TPSA) is 66.5 Å². The molecular weight excluding hydrogens is 248 g/mol. The van der Waals surface area contributed by atoms with Crippen molar-refractivity contribution in [3.8, 4) is 11.4 Å². The summed E-state index contributed by atoms with van der Waals surface area (Å²) >= 11 is 5.12. The summed E-state index contributed by atoms with van der Waals surface area (Å²) in [6, 6.07) is 9.70. The Balaban J connectivity index is 2.37. The van der Waals surface area contributed by atoms with Crippen LogP contribution in [0.5, 0.6) is 0 Å². The first-order chi connectivity index (χ1) is 8.66. The highest BCUT2D eigenvalue weighted by molar-refractivity contribution is 7.71. The van der Waals surface area contributed by atoms with Crippen LogP contribution < -0.4 is 5.69 Å². The Kier molecular flexibility index (Phi) is 2.38. The van der Waals surface area contributed by atoms with Crippen molar-refractivity contribution in [1.82, 2.24) is 19.5 Å². The highest BCUT2D eigenvalue weighted by atomic mass is 32.1. The summed E-state index contributed by atoms with van der Waals surface area (Å²) in [5.74, 6) is 0.700. The molecule has 0 saturated heterocycles. The molecule has 0 aliphatic rings. The second-order valence-electron chi connectivity index (χ2n) is 3.97. The van der Waals surface area contributed by atoms with E-state index in [2.05, 4.69) is 15.0 Å². The number of hydrogen-bond acceptors (Lipinski definition) is 3. The fourth-order valence-electron chi connectivity index (χ4n) is 1.84. The maximum Gasteiger partial charge on any atom is 0.327 e. The molecule has 3 aromatic rings. The summed E-state index contributed by atoms with van der Waals surface area (Å²) in [4.78, 5) is 21.8. The van der Waals surface area contributed by atoms with Crippen molar-refractivity contribution in [1.29, 1.82) is 0 Å². The van der Waals surface area contributed by atoms with Gasteiger partial charge in [-0.2, -0.15) is 0 Å². The third-order valence-electron chi connectivity index (χ3n) is 2.80. The van der Waals surface area contributed by atoms with Gasteiger partial charge in [-0.3, -0.25) is 9.55 Å². The molecule has 5 nitrogen and oxygen atoms in total. The van der Waals surface area contributed by atoms with Gasteiger partial charge in [0.25, 0.3) is 0 Å². The van der Waals surface area contributed by atoms with Crippen molar-refractivity contribution in [3.05, 3.63) is 45.5 Å². The van der Waals surface area contributed by atoms with E-state index in [-0.39, 0.29) is 5.69 Å². The Morgan fingerprint density at radius 2 is 1.94 bits per heavy atom. The number of benzene rings is 1. The Hall–Kier alpha value is -2.21. The first kappa shape index (κ1) is 10.9. The number of aromatic nitrogens is 4. The first-order valence-electron chi connectivity index (χ1n) is 5.41. The molecule has 18 heavy (non-hydrogen) atoms. The van der Waals surface area contributed by atoms with Crippen molar-refractivity contribution in [2.75, 3.05) is 0 Å². The highest BCUT2D eigenvalue weighted by Crippen LogP contribution is 2.18. The molecule has 1 aromatic carbocycles. The largest absolute Gasteiger partial charge is 0.334 e. The Morgan fingerprint density at radius 3 is 2.67 bits per heavy atom. The van der Waals surface area contributed by atoms with E-state index in [0.29, 0.717) is 21.6 Å². The second kappa shape index (κ2) is 3.92. The van der Waals surface area contributed by atoms with Gasteiger partial charge in [0.2, 0.25) is 0 Å². The van der Waals surface area contributed by atoms with E-state index in [1.54, 1.807) is 7.05 Å². The van der Waals surface area contributed by atoms with Gasteiger partial charge in [-0.15, -0.1) is 0 Å². The lowest BCUT2D eigenvalue weighted by Gasteiger charge is -1.96. The zero-order valence-corrected chi connectivity index (χ0v) is 10.4. The Labute approximate surface area is 107 Å². The molecule has 2 aromatic heterocycles. The molecule has 0 amide bonds. The smallest absolute Gasteiger partial charge is 0.327 e. The van der Waals surface area contributed by atoms with Crippen LogP contribution in [0.1, 0.15) is 0 Å². The summed E-state index contributed by atoms with van der Waals surface area (Å²) in [5, 5.41) is 0. The average molecular weight is 258 g/mol. The van der Waals surface area contributed by atoms with E-state index in [0.717, 1.165) is 5.56 Å². The van der Waals surface area contributed by atoms with Crippen molar-refractivity contribution in [2.24, 2.45) is 7.05 Å². The maximum absolute atomic E-state index is 11.6. The minimum atomic E-state index is -0.265. The van der Waals surface area contributed by atoms with Crippen LogP contribution in [0.25, 0.3) is 22.6 Å². The minimum absolute atomic E-state index is 0.265. The molecule has 2 heterocycles. The molecule has 0 fully saturated rings. The number of aryl methyl sites for hydroxylation is 1. The average Bonchev–Trinajstić information content (AvgIpc) is 2.83. The molecular formula is C12H10N4OS. The van der Waals surface area contributed by atoms with Crippen LogP contribution in [0.2, 0.25) is 0 Å². The summed E-state index contributed by atoms with van der Waals surface area (Å²) in [7, 11) is 1.66. The van der Waals surface area contributed by atoms with Crippen LogP contribution in [0.3, 0.4) is 0 Å². The summed E-state index contributed by atoms with van der Waals surface area (Å²) in [5.41, 5.74) is 1.92. The van der Waals surface area contributed by atoms with Crippen molar-refractivity contribution in [2.45, 2.75) is 0 Å². The number of rotatable bonds is 1. The van der Waals surface area contributed by atoms with E-state index in [1.165, 1.54) is 4.57 Å². The predicted octanol–water partition coefficient (Wildman–Crippen LogP) is 1.99. The lowest BCUT2D eigenvalue weighted by molar-refractivity contribution is 0.838. The molecule has 0 unspecified atom stereocenters.